The summed E-state index contributed by atoms with van der Waals surface area (Å²) in [5, 5.41) is 4.57. The SMILES string of the molecule is C[CH2][Al]1[CH2]CC(C)(c2ccccc2)[CH2]1. The molecule has 1 unspecified atom stereocenters. The van der Waals surface area contributed by atoms with Crippen molar-refractivity contribution in [1.82, 2.24) is 0 Å². The van der Waals surface area contributed by atoms with Gasteiger partial charge in [-0.05, 0) is 11.0 Å². The van der Waals surface area contributed by atoms with E-state index in [0.29, 0.717) is 5.41 Å². The third-order valence-corrected chi connectivity index (χ3v) is 7.63. The van der Waals surface area contributed by atoms with Crippen LogP contribution in [0.4, 0.5) is 0 Å². The Balaban J connectivity index is 2.19. The predicted molar refractivity (Wildman–Crippen MR) is 64.3 cm³/mol. The molecular formula is C13H19Al. The standard InChI is InChI=1S/C11H14.C2H5.Al/c1-4-11(2,3)10-8-6-5-7-9-10;1-2;/h5-9H,1-2,4H2,3H3;1H2,2H3;. The van der Waals surface area contributed by atoms with Gasteiger partial charge in [0.05, 0.1) is 0 Å². The van der Waals surface area contributed by atoms with E-state index in [2.05, 4.69) is 44.2 Å². The largest absolute Gasteiger partial charge is 0.262 e. The first-order valence-corrected chi connectivity index (χ1v) is 8.25. The summed E-state index contributed by atoms with van der Waals surface area (Å²) in [4.78, 5) is 0. The van der Waals surface area contributed by atoms with E-state index < -0.39 is 0 Å². The molecule has 1 aromatic carbocycles. The fourth-order valence-electron chi connectivity index (χ4n) is 2.82. The van der Waals surface area contributed by atoms with Crippen molar-refractivity contribution in [2.24, 2.45) is 0 Å². The van der Waals surface area contributed by atoms with Crippen LogP contribution in [0.2, 0.25) is 15.8 Å². The molecule has 0 N–H and O–H groups in total. The molecule has 0 radical (unpaired) electrons. The van der Waals surface area contributed by atoms with Crippen LogP contribution in [0.5, 0.6) is 0 Å². The molecule has 14 heavy (non-hydrogen) atoms. The monoisotopic (exact) mass is 202 g/mol. The Hall–Kier alpha value is -0.248. The van der Waals surface area contributed by atoms with Crippen molar-refractivity contribution in [2.75, 3.05) is 0 Å². The van der Waals surface area contributed by atoms with E-state index in [0.717, 1.165) is 0 Å². The molecule has 1 aliphatic heterocycles. The van der Waals surface area contributed by atoms with E-state index in [1.165, 1.54) is 17.0 Å². The molecule has 1 aliphatic rings. The van der Waals surface area contributed by atoms with Gasteiger partial charge in [-0.2, -0.15) is 0 Å². The minimum atomic E-state index is -0.355. The molecule has 1 fully saturated rings. The lowest BCUT2D eigenvalue weighted by atomic mass is 9.82. The van der Waals surface area contributed by atoms with E-state index in [9.17, 15) is 0 Å². The average Bonchev–Trinajstić information content (AvgIpc) is 2.63. The van der Waals surface area contributed by atoms with Crippen molar-refractivity contribution in [3.05, 3.63) is 35.9 Å². The number of rotatable bonds is 2. The van der Waals surface area contributed by atoms with Crippen molar-refractivity contribution in [3.63, 3.8) is 0 Å². The number of hydrogen-bond acceptors (Lipinski definition) is 0. The molecule has 0 aromatic heterocycles. The highest BCUT2D eigenvalue weighted by atomic mass is 27.2. The molecule has 1 atom stereocenters. The number of hydrogen-bond donors (Lipinski definition) is 0. The topological polar surface area (TPSA) is 0 Å². The summed E-state index contributed by atoms with van der Waals surface area (Å²) >= 11 is -0.355. The quantitative estimate of drug-likeness (QED) is 0.639. The van der Waals surface area contributed by atoms with Crippen molar-refractivity contribution in [3.8, 4) is 0 Å². The minimum absolute atomic E-state index is 0.355. The van der Waals surface area contributed by atoms with Gasteiger partial charge in [0.2, 0.25) is 0 Å². The summed E-state index contributed by atoms with van der Waals surface area (Å²) in [6.07, 6.45) is 1.43. The Morgan fingerprint density at radius 2 is 2.00 bits per heavy atom. The van der Waals surface area contributed by atoms with E-state index in [4.69, 9.17) is 0 Å². The van der Waals surface area contributed by atoms with Crippen molar-refractivity contribution in [1.29, 1.82) is 0 Å². The Morgan fingerprint density at radius 3 is 2.57 bits per heavy atom. The van der Waals surface area contributed by atoms with E-state index in [1.54, 1.807) is 10.8 Å². The van der Waals surface area contributed by atoms with Crippen LogP contribution in [0.1, 0.15) is 25.8 Å². The highest BCUT2D eigenvalue weighted by molar-refractivity contribution is 6.60. The third-order valence-electron chi connectivity index (χ3n) is 3.89. The Morgan fingerprint density at radius 1 is 1.29 bits per heavy atom. The van der Waals surface area contributed by atoms with Gasteiger partial charge in [0.25, 0.3) is 14.1 Å². The normalized spacial score (nSPS) is 26.9. The van der Waals surface area contributed by atoms with E-state index in [1.807, 2.05) is 0 Å². The van der Waals surface area contributed by atoms with E-state index in [-0.39, 0.29) is 14.1 Å². The zero-order chi connectivity index (χ0) is 10.0. The lowest BCUT2D eigenvalue weighted by Crippen LogP contribution is -2.18. The fraction of sp³-hybridized carbons (Fsp3) is 0.538. The van der Waals surface area contributed by atoms with Crippen LogP contribution in [0.3, 0.4) is 0 Å². The first-order chi connectivity index (χ1) is 6.74. The molecule has 1 aromatic rings. The maximum Gasteiger partial charge on any atom is 0.262 e. The molecule has 2 rings (SSSR count). The molecule has 0 spiro atoms. The van der Waals surface area contributed by atoms with Gasteiger partial charge in [-0.3, -0.25) is 0 Å². The van der Waals surface area contributed by atoms with Crippen LogP contribution in [-0.4, -0.2) is 14.1 Å². The molecule has 1 saturated heterocycles. The van der Waals surface area contributed by atoms with Crippen LogP contribution >= 0.6 is 0 Å². The third kappa shape index (κ3) is 1.90. The average molecular weight is 202 g/mol. The highest BCUT2D eigenvalue weighted by Crippen LogP contribution is 2.42. The maximum absolute atomic E-state index is 2.46. The molecule has 1 heterocycles. The van der Waals surface area contributed by atoms with Crippen LogP contribution in [0.25, 0.3) is 0 Å². The summed E-state index contributed by atoms with van der Waals surface area (Å²) in [7, 11) is 0. The molecule has 1 heteroatoms. The summed E-state index contributed by atoms with van der Waals surface area (Å²) in [6.45, 7) is 4.85. The lowest BCUT2D eigenvalue weighted by molar-refractivity contribution is 0.531. The molecule has 0 amide bonds. The molecule has 0 aliphatic carbocycles. The van der Waals surface area contributed by atoms with Gasteiger partial charge in [0, 0.05) is 0 Å². The van der Waals surface area contributed by atoms with Gasteiger partial charge in [0.1, 0.15) is 0 Å². The Bertz CT molecular complexity index is 293. The van der Waals surface area contributed by atoms with E-state index >= 15 is 0 Å². The zero-order valence-electron chi connectivity index (χ0n) is 9.29. The van der Waals surface area contributed by atoms with Crippen molar-refractivity contribution >= 4 is 14.1 Å². The van der Waals surface area contributed by atoms with Gasteiger partial charge >= 0.3 is 0 Å². The predicted octanol–water partition coefficient (Wildman–Crippen LogP) is 3.86. The zero-order valence-corrected chi connectivity index (χ0v) is 10.4. The molecule has 0 bridgehead atoms. The van der Waals surface area contributed by atoms with Gasteiger partial charge < -0.3 is 0 Å². The van der Waals surface area contributed by atoms with Gasteiger partial charge in [0.15, 0.2) is 0 Å². The first kappa shape index (κ1) is 10.3. The van der Waals surface area contributed by atoms with Crippen molar-refractivity contribution in [2.45, 2.75) is 41.5 Å². The second-order valence-corrected chi connectivity index (χ2v) is 8.48. The fourth-order valence-corrected chi connectivity index (χ4v) is 6.48. The summed E-state index contributed by atoms with van der Waals surface area (Å²) in [5.41, 5.74) is 2.09. The Kier molecular flexibility index (Phi) is 3.00. The van der Waals surface area contributed by atoms with Gasteiger partial charge in [-0.15, -0.1) is 0 Å². The molecule has 0 saturated carbocycles. The summed E-state index contributed by atoms with van der Waals surface area (Å²) < 4.78 is 0. The smallest absolute Gasteiger partial charge is 0.0967 e. The van der Waals surface area contributed by atoms with Crippen LogP contribution in [0, 0.1) is 0 Å². The first-order valence-electron chi connectivity index (χ1n) is 5.80. The summed E-state index contributed by atoms with van der Waals surface area (Å²) in [6, 6.07) is 11.1. The van der Waals surface area contributed by atoms with Crippen LogP contribution < -0.4 is 0 Å². The molecule has 0 nitrogen and oxygen atoms in total. The Labute approximate surface area is 91.7 Å². The van der Waals surface area contributed by atoms with Crippen LogP contribution in [-0.2, 0) is 5.41 Å². The molecular weight excluding hydrogens is 183 g/mol. The molecule has 74 valence electrons. The summed E-state index contributed by atoms with van der Waals surface area (Å²) in [5.74, 6) is 0. The maximum atomic E-state index is 2.46. The second-order valence-electron chi connectivity index (χ2n) is 4.94. The van der Waals surface area contributed by atoms with Crippen LogP contribution in [0.15, 0.2) is 30.3 Å². The highest BCUT2D eigenvalue weighted by Gasteiger charge is 2.38. The van der Waals surface area contributed by atoms with Crippen molar-refractivity contribution < 1.29 is 0 Å². The number of benzene rings is 1. The van der Waals surface area contributed by atoms with Gasteiger partial charge in [-0.25, -0.2) is 0 Å². The van der Waals surface area contributed by atoms with Gasteiger partial charge in [-0.1, -0.05) is 66.4 Å². The lowest BCUT2D eigenvalue weighted by Gasteiger charge is -2.25. The second kappa shape index (κ2) is 4.09. The minimum Gasteiger partial charge on any atom is -0.0967 e.